The first-order valence-corrected chi connectivity index (χ1v) is 8.50. The van der Waals surface area contributed by atoms with E-state index in [-0.39, 0.29) is 11.9 Å². The van der Waals surface area contributed by atoms with Crippen molar-refractivity contribution < 1.29 is 9.59 Å². The van der Waals surface area contributed by atoms with Crippen LogP contribution in [0.1, 0.15) is 17.2 Å². The lowest BCUT2D eigenvalue weighted by Crippen LogP contribution is -2.60. The average Bonchev–Trinajstić information content (AvgIpc) is 2.83. The van der Waals surface area contributed by atoms with Gasteiger partial charge in [-0.3, -0.25) is 10.1 Å². The van der Waals surface area contributed by atoms with Crippen molar-refractivity contribution in [3.8, 4) is 0 Å². The minimum absolute atomic E-state index is 0.276. The number of carbonyl (C=O) groups excluding carboxylic acids is 2. The number of anilines is 1. The molecule has 2 aromatic rings. The highest BCUT2D eigenvalue weighted by Gasteiger charge is 2.56. The van der Waals surface area contributed by atoms with Crippen molar-refractivity contribution in [1.82, 2.24) is 10.6 Å². The van der Waals surface area contributed by atoms with E-state index >= 15 is 0 Å². The predicted molar refractivity (Wildman–Crippen MR) is 94.8 cm³/mol. The highest BCUT2D eigenvalue weighted by molar-refractivity contribution is 9.10. The minimum Gasteiger partial charge on any atom is -0.364 e. The lowest BCUT2D eigenvalue weighted by molar-refractivity contribution is -0.125. The maximum atomic E-state index is 12.7. The predicted octanol–water partition coefficient (Wildman–Crippen LogP) is 2.76. The zero-order chi connectivity index (χ0) is 16.9. The number of likely N-dealkylation sites (N-methyl/N-ethyl adjacent to an activating group) is 1. The molecule has 0 bridgehead atoms. The Morgan fingerprint density at radius 1 is 1.12 bits per heavy atom. The van der Waals surface area contributed by atoms with Crippen LogP contribution >= 0.6 is 15.9 Å². The van der Waals surface area contributed by atoms with Gasteiger partial charge in [0.1, 0.15) is 5.54 Å². The molecule has 5 nitrogen and oxygen atoms in total. The van der Waals surface area contributed by atoms with Gasteiger partial charge in [-0.05, 0) is 29.3 Å². The summed E-state index contributed by atoms with van der Waals surface area (Å²) >= 11 is 3.44. The van der Waals surface area contributed by atoms with Gasteiger partial charge in [-0.25, -0.2) is 4.79 Å². The Morgan fingerprint density at radius 2 is 1.83 bits per heavy atom. The van der Waals surface area contributed by atoms with E-state index in [1.54, 1.807) is 0 Å². The fourth-order valence-corrected chi connectivity index (χ4v) is 4.11. The lowest BCUT2D eigenvalue weighted by atomic mass is 9.75. The number of urea groups is 1. The highest BCUT2D eigenvalue weighted by atomic mass is 79.9. The molecule has 2 aromatic carbocycles. The fraction of sp³-hybridized carbons (Fsp3) is 0.222. The van der Waals surface area contributed by atoms with Crippen molar-refractivity contribution in [2.75, 3.05) is 11.9 Å². The van der Waals surface area contributed by atoms with E-state index in [1.165, 1.54) is 0 Å². The Hall–Kier alpha value is -2.34. The summed E-state index contributed by atoms with van der Waals surface area (Å²) < 4.78 is 0.971. The molecule has 3 amide bonds. The number of nitrogens with zero attached hydrogens (tertiary/aromatic N) is 1. The SMILES string of the molecule is CN1c2ccccc2CC2(NC(=O)NC2=O)C1c1ccc(Br)cc1. The Labute approximate surface area is 148 Å². The number of halogens is 1. The molecule has 24 heavy (non-hydrogen) atoms. The third kappa shape index (κ3) is 2.13. The van der Waals surface area contributed by atoms with E-state index < -0.39 is 11.6 Å². The first kappa shape index (κ1) is 15.2. The van der Waals surface area contributed by atoms with Crippen molar-refractivity contribution in [1.29, 1.82) is 0 Å². The molecule has 2 N–H and O–H groups in total. The molecule has 2 atom stereocenters. The minimum atomic E-state index is -1.01. The summed E-state index contributed by atoms with van der Waals surface area (Å²) in [6.45, 7) is 0. The molecule has 0 aromatic heterocycles. The Morgan fingerprint density at radius 3 is 2.50 bits per heavy atom. The van der Waals surface area contributed by atoms with Gasteiger partial charge in [0.2, 0.25) is 0 Å². The molecule has 2 aliphatic heterocycles. The first-order chi connectivity index (χ1) is 11.5. The molecule has 2 aliphatic rings. The van der Waals surface area contributed by atoms with Gasteiger partial charge in [0.05, 0.1) is 6.04 Å². The summed E-state index contributed by atoms with van der Waals surface area (Å²) in [6.07, 6.45) is 0.464. The Bertz CT molecular complexity index is 836. The maximum absolute atomic E-state index is 12.7. The normalized spacial score (nSPS) is 25.4. The number of amides is 3. The van der Waals surface area contributed by atoms with Crippen molar-refractivity contribution >= 4 is 33.6 Å². The molecular formula is C18H16BrN3O2. The van der Waals surface area contributed by atoms with E-state index in [9.17, 15) is 9.59 Å². The van der Waals surface area contributed by atoms with Gasteiger partial charge < -0.3 is 10.2 Å². The number of rotatable bonds is 1. The molecule has 6 heteroatoms. The van der Waals surface area contributed by atoms with Crippen LogP contribution in [0.25, 0.3) is 0 Å². The summed E-state index contributed by atoms with van der Waals surface area (Å²) in [5, 5.41) is 5.32. The van der Waals surface area contributed by atoms with Gasteiger partial charge in [0, 0.05) is 23.6 Å². The number of benzene rings is 2. The fourth-order valence-electron chi connectivity index (χ4n) is 3.85. The van der Waals surface area contributed by atoms with Crippen LogP contribution < -0.4 is 15.5 Å². The number of imide groups is 1. The van der Waals surface area contributed by atoms with Crippen LogP contribution in [0.3, 0.4) is 0 Å². The zero-order valence-corrected chi connectivity index (χ0v) is 14.6. The van der Waals surface area contributed by atoms with Crippen LogP contribution in [0, 0.1) is 0 Å². The van der Waals surface area contributed by atoms with E-state index in [0.29, 0.717) is 6.42 Å². The van der Waals surface area contributed by atoms with Crippen LogP contribution in [0.5, 0.6) is 0 Å². The van der Waals surface area contributed by atoms with Crippen LogP contribution in [0.15, 0.2) is 53.0 Å². The molecule has 1 saturated heterocycles. The summed E-state index contributed by atoms with van der Waals surface area (Å²) in [4.78, 5) is 26.7. The average molecular weight is 386 g/mol. The second-order valence-electron chi connectivity index (χ2n) is 6.25. The Balaban J connectivity index is 1.91. The molecule has 0 aliphatic carbocycles. The standard InChI is InChI=1S/C18H16BrN3O2/c1-22-14-5-3-2-4-12(14)10-18(16(23)20-17(24)21-18)15(22)11-6-8-13(19)9-7-11/h2-9,15H,10H2,1H3,(H2,20,21,23,24). The molecule has 122 valence electrons. The molecule has 2 unspecified atom stereocenters. The number of nitrogens with one attached hydrogen (secondary N) is 2. The largest absolute Gasteiger partial charge is 0.364 e. The van der Waals surface area contributed by atoms with Crippen molar-refractivity contribution in [2.24, 2.45) is 0 Å². The zero-order valence-electron chi connectivity index (χ0n) is 13.0. The van der Waals surface area contributed by atoms with Crippen LogP contribution in [0.2, 0.25) is 0 Å². The van der Waals surface area contributed by atoms with E-state index in [4.69, 9.17) is 0 Å². The van der Waals surface area contributed by atoms with Gasteiger partial charge in [-0.1, -0.05) is 46.3 Å². The van der Waals surface area contributed by atoms with Gasteiger partial charge >= 0.3 is 6.03 Å². The quantitative estimate of drug-likeness (QED) is 0.741. The van der Waals surface area contributed by atoms with Gasteiger partial charge in [-0.2, -0.15) is 0 Å². The molecule has 1 spiro atoms. The van der Waals surface area contributed by atoms with E-state index in [0.717, 1.165) is 21.3 Å². The second kappa shape index (κ2) is 5.34. The smallest absolute Gasteiger partial charge is 0.322 e. The van der Waals surface area contributed by atoms with Crippen molar-refractivity contribution in [2.45, 2.75) is 18.0 Å². The number of para-hydroxylation sites is 1. The lowest BCUT2D eigenvalue weighted by Gasteiger charge is -2.46. The topological polar surface area (TPSA) is 61.4 Å². The summed E-state index contributed by atoms with van der Waals surface area (Å²) in [5.41, 5.74) is 2.09. The molecule has 0 radical (unpaired) electrons. The second-order valence-corrected chi connectivity index (χ2v) is 7.17. The van der Waals surface area contributed by atoms with Crippen LogP contribution in [-0.2, 0) is 11.2 Å². The number of fused-ring (bicyclic) bond motifs is 1. The summed E-state index contributed by atoms with van der Waals surface area (Å²) in [6, 6.07) is 15.1. The van der Waals surface area contributed by atoms with Crippen LogP contribution in [-0.4, -0.2) is 24.5 Å². The molecule has 4 rings (SSSR count). The molecular weight excluding hydrogens is 370 g/mol. The number of hydrogen-bond acceptors (Lipinski definition) is 3. The molecule has 0 saturated carbocycles. The van der Waals surface area contributed by atoms with Gasteiger partial charge in [-0.15, -0.1) is 0 Å². The van der Waals surface area contributed by atoms with E-state index in [1.807, 2.05) is 55.6 Å². The monoisotopic (exact) mass is 385 g/mol. The number of carbonyl (C=O) groups is 2. The molecule has 1 fully saturated rings. The maximum Gasteiger partial charge on any atom is 0.322 e. The van der Waals surface area contributed by atoms with Gasteiger partial charge in [0.15, 0.2) is 0 Å². The summed E-state index contributed by atoms with van der Waals surface area (Å²) in [5.74, 6) is -0.276. The van der Waals surface area contributed by atoms with Crippen LogP contribution in [0.4, 0.5) is 10.5 Å². The third-order valence-electron chi connectivity index (χ3n) is 4.85. The highest BCUT2D eigenvalue weighted by Crippen LogP contribution is 2.44. The van der Waals surface area contributed by atoms with Crippen molar-refractivity contribution in [3.63, 3.8) is 0 Å². The van der Waals surface area contributed by atoms with Gasteiger partial charge in [0.25, 0.3) is 5.91 Å². The Kier molecular flexibility index (Phi) is 3.38. The third-order valence-corrected chi connectivity index (χ3v) is 5.38. The van der Waals surface area contributed by atoms with Crippen molar-refractivity contribution in [3.05, 3.63) is 64.1 Å². The molecule has 2 heterocycles. The number of hydrogen-bond donors (Lipinski definition) is 2. The first-order valence-electron chi connectivity index (χ1n) is 7.71. The van der Waals surface area contributed by atoms with E-state index in [2.05, 4.69) is 31.5 Å². The summed E-state index contributed by atoms with van der Waals surface area (Å²) in [7, 11) is 1.96.